The zero-order valence-corrected chi connectivity index (χ0v) is 16.9. The third-order valence-electron chi connectivity index (χ3n) is 4.92. The minimum Gasteiger partial charge on any atom is -0.465 e. The fourth-order valence-corrected chi connectivity index (χ4v) is 4.42. The average Bonchev–Trinajstić information content (AvgIpc) is 3.02. The number of esters is 1. The van der Waals surface area contributed by atoms with Gasteiger partial charge in [-0.15, -0.1) is 0 Å². The van der Waals surface area contributed by atoms with Crippen LogP contribution in [-0.4, -0.2) is 41.5 Å². The van der Waals surface area contributed by atoms with E-state index in [1.165, 1.54) is 26.4 Å². The van der Waals surface area contributed by atoms with Gasteiger partial charge < -0.3 is 9.64 Å². The summed E-state index contributed by atoms with van der Waals surface area (Å²) in [5.74, 6) is 1.47. The summed E-state index contributed by atoms with van der Waals surface area (Å²) in [7, 11) is 1.40. The molecule has 25 heavy (non-hydrogen) atoms. The zero-order chi connectivity index (χ0) is 18.4. The molecule has 0 spiro atoms. The van der Waals surface area contributed by atoms with E-state index in [0.29, 0.717) is 17.5 Å². The standard InChI is InChI=1S/C20H30N2O2S/c1-6-8-11-22-18(14(3)7-2)13-25-20(22)21-17-10-9-16(12-15(17)4)19(23)24-5/h9-10,12,14,18H,6-8,11,13H2,1-5H3. The predicted octanol–water partition coefficient (Wildman–Crippen LogP) is 5.03. The summed E-state index contributed by atoms with van der Waals surface area (Å²) in [4.78, 5) is 19.1. The number of hydrogen-bond donors (Lipinski definition) is 0. The summed E-state index contributed by atoms with van der Waals surface area (Å²) < 4.78 is 4.79. The molecule has 0 saturated carbocycles. The van der Waals surface area contributed by atoms with Gasteiger partial charge in [-0.05, 0) is 43.0 Å². The first-order valence-corrected chi connectivity index (χ1v) is 10.2. The Morgan fingerprint density at radius 3 is 2.80 bits per heavy atom. The zero-order valence-electron chi connectivity index (χ0n) is 16.0. The highest BCUT2D eigenvalue weighted by atomic mass is 32.2. The quantitative estimate of drug-likeness (QED) is 0.638. The molecule has 138 valence electrons. The van der Waals surface area contributed by atoms with Gasteiger partial charge >= 0.3 is 5.97 Å². The second-order valence-corrected chi connectivity index (χ2v) is 7.69. The van der Waals surface area contributed by atoms with Crippen molar-refractivity contribution in [1.29, 1.82) is 0 Å². The lowest BCUT2D eigenvalue weighted by molar-refractivity contribution is 0.0600. The van der Waals surface area contributed by atoms with Gasteiger partial charge in [-0.1, -0.05) is 45.4 Å². The van der Waals surface area contributed by atoms with Crippen LogP contribution >= 0.6 is 11.8 Å². The van der Waals surface area contributed by atoms with E-state index in [-0.39, 0.29) is 5.97 Å². The second-order valence-electron chi connectivity index (χ2n) is 6.70. The number of carbonyl (C=O) groups is 1. The van der Waals surface area contributed by atoms with Gasteiger partial charge in [-0.25, -0.2) is 9.79 Å². The smallest absolute Gasteiger partial charge is 0.337 e. The number of aryl methyl sites for hydroxylation is 1. The number of unbranched alkanes of at least 4 members (excludes halogenated alkanes) is 1. The number of carbonyl (C=O) groups excluding carboxylic acids is 1. The second kappa shape index (κ2) is 9.27. The number of hydrogen-bond acceptors (Lipinski definition) is 4. The van der Waals surface area contributed by atoms with Crippen molar-refractivity contribution < 1.29 is 9.53 Å². The first kappa shape index (κ1) is 19.8. The van der Waals surface area contributed by atoms with Crippen molar-refractivity contribution in [2.45, 2.75) is 53.0 Å². The van der Waals surface area contributed by atoms with Crippen LogP contribution in [-0.2, 0) is 4.74 Å². The number of amidine groups is 1. The van der Waals surface area contributed by atoms with Gasteiger partial charge in [0.25, 0.3) is 0 Å². The van der Waals surface area contributed by atoms with Crippen molar-refractivity contribution >= 4 is 28.6 Å². The third kappa shape index (κ3) is 4.78. The molecular formula is C20H30N2O2S. The highest BCUT2D eigenvalue weighted by molar-refractivity contribution is 8.14. The van der Waals surface area contributed by atoms with Gasteiger partial charge in [0.1, 0.15) is 0 Å². The van der Waals surface area contributed by atoms with E-state index in [2.05, 4.69) is 25.7 Å². The summed E-state index contributed by atoms with van der Waals surface area (Å²) in [6.07, 6.45) is 3.56. The average molecular weight is 363 g/mol. The van der Waals surface area contributed by atoms with Crippen molar-refractivity contribution in [2.75, 3.05) is 19.4 Å². The molecule has 0 radical (unpaired) electrons. The molecule has 1 heterocycles. The van der Waals surface area contributed by atoms with E-state index in [1.54, 1.807) is 6.07 Å². The number of aliphatic imine (C=N–C) groups is 1. The first-order valence-electron chi connectivity index (χ1n) is 9.18. The van der Waals surface area contributed by atoms with E-state index in [9.17, 15) is 4.79 Å². The Balaban J connectivity index is 2.27. The molecule has 2 atom stereocenters. The van der Waals surface area contributed by atoms with E-state index in [1.807, 2.05) is 30.8 Å². The van der Waals surface area contributed by atoms with E-state index < -0.39 is 0 Å². The molecule has 0 aromatic heterocycles. The maximum Gasteiger partial charge on any atom is 0.337 e. The number of nitrogens with zero attached hydrogens (tertiary/aromatic N) is 2. The minimum atomic E-state index is -0.307. The number of rotatable bonds is 7. The Morgan fingerprint density at radius 2 is 2.20 bits per heavy atom. The molecule has 1 aromatic carbocycles. The van der Waals surface area contributed by atoms with Crippen molar-refractivity contribution in [3.05, 3.63) is 29.3 Å². The van der Waals surface area contributed by atoms with Crippen molar-refractivity contribution in [3.8, 4) is 0 Å². The Morgan fingerprint density at radius 1 is 1.44 bits per heavy atom. The van der Waals surface area contributed by atoms with Gasteiger partial charge in [0.05, 0.1) is 18.4 Å². The largest absolute Gasteiger partial charge is 0.465 e. The lowest BCUT2D eigenvalue weighted by Crippen LogP contribution is -2.38. The summed E-state index contributed by atoms with van der Waals surface area (Å²) in [5, 5.41) is 1.12. The number of methoxy groups -OCH3 is 1. The molecule has 0 amide bonds. The number of benzene rings is 1. The monoisotopic (exact) mass is 362 g/mol. The Hall–Kier alpha value is -1.49. The molecule has 1 fully saturated rings. The molecule has 1 aromatic rings. The fourth-order valence-electron chi connectivity index (χ4n) is 3.03. The molecule has 2 rings (SSSR count). The van der Waals surface area contributed by atoms with Gasteiger partial charge in [-0.2, -0.15) is 0 Å². The SMILES string of the molecule is CCCCN1C(=Nc2ccc(C(=O)OC)cc2C)SCC1C(C)CC. The topological polar surface area (TPSA) is 41.9 Å². The normalized spacial score (nSPS) is 20.1. The van der Waals surface area contributed by atoms with Crippen molar-refractivity contribution in [3.63, 3.8) is 0 Å². The van der Waals surface area contributed by atoms with E-state index in [0.717, 1.165) is 28.7 Å². The van der Waals surface area contributed by atoms with Crippen LogP contribution in [0.5, 0.6) is 0 Å². The predicted molar refractivity (Wildman–Crippen MR) is 107 cm³/mol. The third-order valence-corrected chi connectivity index (χ3v) is 6.01. The highest BCUT2D eigenvalue weighted by Crippen LogP contribution is 2.33. The molecule has 4 nitrogen and oxygen atoms in total. The van der Waals surface area contributed by atoms with Crippen molar-refractivity contribution in [2.24, 2.45) is 10.9 Å². The van der Waals surface area contributed by atoms with Gasteiger partial charge in [0.15, 0.2) is 5.17 Å². The van der Waals surface area contributed by atoms with Gasteiger partial charge in [-0.3, -0.25) is 0 Å². The molecule has 2 unspecified atom stereocenters. The Labute approximate surface area is 156 Å². The van der Waals surface area contributed by atoms with Crippen LogP contribution in [0.2, 0.25) is 0 Å². The minimum absolute atomic E-state index is 0.307. The number of ether oxygens (including phenoxy) is 1. The molecule has 0 N–H and O–H groups in total. The van der Waals surface area contributed by atoms with Crippen molar-refractivity contribution in [1.82, 2.24) is 4.90 Å². The summed E-state index contributed by atoms with van der Waals surface area (Å²) in [5.41, 5.74) is 2.50. The summed E-state index contributed by atoms with van der Waals surface area (Å²) in [6, 6.07) is 6.13. The summed E-state index contributed by atoms with van der Waals surface area (Å²) >= 11 is 1.86. The van der Waals surface area contributed by atoms with E-state index >= 15 is 0 Å². The highest BCUT2D eigenvalue weighted by Gasteiger charge is 2.32. The Kier molecular flexibility index (Phi) is 7.36. The molecular weight excluding hydrogens is 332 g/mol. The molecule has 1 aliphatic rings. The van der Waals surface area contributed by atoms with Crippen LogP contribution in [0.1, 0.15) is 56.0 Å². The first-order chi connectivity index (χ1) is 12.0. The molecule has 1 aliphatic heterocycles. The summed E-state index contributed by atoms with van der Waals surface area (Å²) in [6.45, 7) is 9.89. The Bertz CT molecular complexity index is 630. The van der Waals surface area contributed by atoms with E-state index in [4.69, 9.17) is 9.73 Å². The lowest BCUT2D eigenvalue weighted by Gasteiger charge is -2.30. The molecule has 5 heteroatoms. The molecule has 1 saturated heterocycles. The van der Waals surface area contributed by atoms with Gasteiger partial charge in [0.2, 0.25) is 0 Å². The maximum absolute atomic E-state index is 11.7. The lowest BCUT2D eigenvalue weighted by atomic mass is 9.99. The van der Waals surface area contributed by atoms with Crippen LogP contribution < -0.4 is 0 Å². The number of thioether (sulfide) groups is 1. The van der Waals surface area contributed by atoms with Crippen LogP contribution in [0, 0.1) is 12.8 Å². The van der Waals surface area contributed by atoms with Crippen LogP contribution in [0.15, 0.2) is 23.2 Å². The maximum atomic E-state index is 11.7. The molecule has 0 aliphatic carbocycles. The van der Waals surface area contributed by atoms with Crippen LogP contribution in [0.4, 0.5) is 5.69 Å². The van der Waals surface area contributed by atoms with Crippen LogP contribution in [0.25, 0.3) is 0 Å². The van der Waals surface area contributed by atoms with Gasteiger partial charge in [0, 0.05) is 18.3 Å². The molecule has 0 bridgehead atoms. The van der Waals surface area contributed by atoms with Crippen LogP contribution in [0.3, 0.4) is 0 Å². The fraction of sp³-hybridized carbons (Fsp3) is 0.600.